The Hall–Kier alpha value is -2.01. The molecule has 2 N–H and O–H groups in total. The number of nitrogens with two attached hydrogens (primary N) is 1. The second-order valence-electron chi connectivity index (χ2n) is 4.99. The smallest absolute Gasteiger partial charge is 0.264 e. The zero-order valence-corrected chi connectivity index (χ0v) is 13.3. The Labute approximate surface area is 126 Å². The van der Waals surface area contributed by atoms with E-state index in [0.717, 1.165) is 0 Å². The van der Waals surface area contributed by atoms with Gasteiger partial charge in [0, 0.05) is 12.2 Å². The van der Waals surface area contributed by atoms with Crippen molar-refractivity contribution in [2.24, 2.45) is 0 Å². The molecule has 0 unspecified atom stereocenters. The summed E-state index contributed by atoms with van der Waals surface area (Å²) in [7, 11) is -3.60. The Kier molecular flexibility index (Phi) is 4.23. The number of sulfonamides is 1. The van der Waals surface area contributed by atoms with Gasteiger partial charge in [-0.3, -0.25) is 4.31 Å². The monoisotopic (exact) mass is 304 g/mol. The van der Waals surface area contributed by atoms with Gasteiger partial charge in [0.15, 0.2) is 0 Å². The van der Waals surface area contributed by atoms with Crippen molar-refractivity contribution in [3.05, 3.63) is 53.6 Å². The van der Waals surface area contributed by atoms with Crippen LogP contribution < -0.4 is 10.0 Å². The van der Waals surface area contributed by atoms with Crippen LogP contribution >= 0.6 is 0 Å². The summed E-state index contributed by atoms with van der Waals surface area (Å²) in [6, 6.07) is 12.5. The minimum Gasteiger partial charge on any atom is -0.399 e. The molecule has 5 heteroatoms. The highest BCUT2D eigenvalue weighted by atomic mass is 32.2. The molecule has 0 aromatic heterocycles. The van der Waals surface area contributed by atoms with Crippen molar-refractivity contribution in [2.45, 2.75) is 25.7 Å². The highest BCUT2D eigenvalue weighted by molar-refractivity contribution is 7.93. The number of para-hydroxylation sites is 1. The van der Waals surface area contributed by atoms with Gasteiger partial charge < -0.3 is 5.73 Å². The van der Waals surface area contributed by atoms with E-state index in [4.69, 9.17) is 5.73 Å². The van der Waals surface area contributed by atoms with Crippen LogP contribution in [-0.4, -0.2) is 15.0 Å². The maximum Gasteiger partial charge on any atom is 0.264 e. The Morgan fingerprint density at radius 2 is 1.57 bits per heavy atom. The second-order valence-corrected chi connectivity index (χ2v) is 6.79. The Balaban J connectivity index is 2.61. The third-order valence-corrected chi connectivity index (χ3v) is 5.57. The lowest BCUT2D eigenvalue weighted by molar-refractivity contribution is 0.590. The summed E-state index contributed by atoms with van der Waals surface area (Å²) in [4.78, 5) is 0.336. The van der Waals surface area contributed by atoms with E-state index in [2.05, 4.69) is 0 Å². The van der Waals surface area contributed by atoms with Crippen LogP contribution in [0.15, 0.2) is 47.4 Å². The third-order valence-electron chi connectivity index (χ3n) is 3.36. The fourth-order valence-electron chi connectivity index (χ4n) is 2.59. The highest BCUT2D eigenvalue weighted by Crippen LogP contribution is 2.29. The maximum absolute atomic E-state index is 13.0. The van der Waals surface area contributed by atoms with Crippen LogP contribution in [0.3, 0.4) is 0 Å². The average Bonchev–Trinajstić information content (AvgIpc) is 2.38. The second kappa shape index (κ2) is 5.77. The Bertz CT molecular complexity index is 717. The Morgan fingerprint density at radius 1 is 1.05 bits per heavy atom. The fourth-order valence-corrected chi connectivity index (χ4v) is 4.48. The summed E-state index contributed by atoms with van der Waals surface area (Å²) >= 11 is 0. The molecule has 0 bridgehead atoms. The lowest BCUT2D eigenvalue weighted by Crippen LogP contribution is -2.31. The molecule has 2 aromatic carbocycles. The van der Waals surface area contributed by atoms with Gasteiger partial charge in [-0.25, -0.2) is 8.42 Å². The van der Waals surface area contributed by atoms with Crippen molar-refractivity contribution in [2.75, 3.05) is 16.6 Å². The lowest BCUT2D eigenvalue weighted by Gasteiger charge is -2.25. The van der Waals surface area contributed by atoms with E-state index in [9.17, 15) is 8.42 Å². The van der Waals surface area contributed by atoms with E-state index in [1.807, 2.05) is 25.1 Å². The van der Waals surface area contributed by atoms with Crippen LogP contribution in [-0.2, 0) is 10.0 Å². The summed E-state index contributed by atoms with van der Waals surface area (Å²) in [5.41, 5.74) is 8.36. The van der Waals surface area contributed by atoms with Gasteiger partial charge in [-0.05, 0) is 56.2 Å². The highest BCUT2D eigenvalue weighted by Gasteiger charge is 2.27. The van der Waals surface area contributed by atoms with Crippen LogP contribution in [0.1, 0.15) is 18.1 Å². The molecule has 2 rings (SSSR count). The van der Waals surface area contributed by atoms with Crippen molar-refractivity contribution < 1.29 is 8.42 Å². The SMILES string of the molecule is CCN(c1ccccc1)S(=O)(=O)c1c(C)cc(N)cc1C. The molecule has 0 saturated carbocycles. The molecular weight excluding hydrogens is 284 g/mol. The van der Waals surface area contributed by atoms with Crippen molar-refractivity contribution >= 4 is 21.4 Å². The molecule has 0 aliphatic heterocycles. The van der Waals surface area contributed by atoms with Gasteiger partial charge in [0.2, 0.25) is 0 Å². The molecule has 0 saturated heterocycles. The number of benzene rings is 2. The summed E-state index contributed by atoms with van der Waals surface area (Å²) < 4.78 is 27.4. The molecule has 0 amide bonds. The standard InChI is InChI=1S/C16H20N2O2S/c1-4-18(15-8-6-5-7-9-15)21(19,20)16-12(2)10-14(17)11-13(16)3/h5-11H,4,17H2,1-3H3. The van der Waals surface area contributed by atoms with Gasteiger partial charge in [0.1, 0.15) is 0 Å². The number of hydrogen-bond acceptors (Lipinski definition) is 3. The van der Waals surface area contributed by atoms with Crippen molar-refractivity contribution in [1.82, 2.24) is 0 Å². The normalized spacial score (nSPS) is 11.4. The predicted molar refractivity (Wildman–Crippen MR) is 87.0 cm³/mol. The molecular formula is C16H20N2O2S. The summed E-state index contributed by atoms with van der Waals surface area (Å²) in [6.45, 7) is 5.74. The average molecular weight is 304 g/mol. The Morgan fingerprint density at radius 3 is 2.05 bits per heavy atom. The van der Waals surface area contributed by atoms with Gasteiger partial charge in [-0.1, -0.05) is 18.2 Å². The predicted octanol–water partition coefficient (Wildman–Crippen LogP) is 3.10. The van der Waals surface area contributed by atoms with Crippen LogP contribution in [0, 0.1) is 13.8 Å². The molecule has 0 radical (unpaired) electrons. The quantitative estimate of drug-likeness (QED) is 0.883. The van der Waals surface area contributed by atoms with Gasteiger partial charge in [-0.2, -0.15) is 0 Å². The molecule has 4 nitrogen and oxygen atoms in total. The molecule has 0 spiro atoms. The lowest BCUT2D eigenvalue weighted by atomic mass is 10.1. The molecule has 2 aromatic rings. The number of nitrogens with zero attached hydrogens (tertiary/aromatic N) is 1. The zero-order chi connectivity index (χ0) is 15.6. The van der Waals surface area contributed by atoms with Crippen molar-refractivity contribution in [3.63, 3.8) is 0 Å². The molecule has 0 fully saturated rings. The number of hydrogen-bond donors (Lipinski definition) is 1. The number of nitrogen functional groups attached to an aromatic ring is 1. The summed E-state index contributed by atoms with van der Waals surface area (Å²) in [5.74, 6) is 0. The first kappa shape index (κ1) is 15.4. The largest absolute Gasteiger partial charge is 0.399 e. The number of anilines is 2. The first-order chi connectivity index (χ1) is 9.87. The van der Waals surface area contributed by atoms with Crippen LogP contribution in [0.4, 0.5) is 11.4 Å². The molecule has 0 atom stereocenters. The molecule has 112 valence electrons. The topological polar surface area (TPSA) is 63.4 Å². The molecule has 0 heterocycles. The molecule has 21 heavy (non-hydrogen) atoms. The molecule has 0 aliphatic carbocycles. The number of rotatable bonds is 4. The van der Waals surface area contributed by atoms with Gasteiger partial charge in [-0.15, -0.1) is 0 Å². The summed E-state index contributed by atoms with van der Waals surface area (Å²) in [5, 5.41) is 0. The van der Waals surface area contributed by atoms with Crippen LogP contribution in [0.5, 0.6) is 0 Å². The van der Waals surface area contributed by atoms with E-state index in [1.54, 1.807) is 38.1 Å². The minimum atomic E-state index is -3.60. The van der Waals surface area contributed by atoms with Gasteiger partial charge in [0.05, 0.1) is 10.6 Å². The summed E-state index contributed by atoms with van der Waals surface area (Å²) in [6.07, 6.45) is 0. The van der Waals surface area contributed by atoms with E-state index in [1.165, 1.54) is 4.31 Å². The van der Waals surface area contributed by atoms with Crippen molar-refractivity contribution in [1.29, 1.82) is 0 Å². The van der Waals surface area contributed by atoms with Crippen LogP contribution in [0.2, 0.25) is 0 Å². The first-order valence-electron chi connectivity index (χ1n) is 6.82. The van der Waals surface area contributed by atoms with E-state index in [0.29, 0.717) is 33.9 Å². The van der Waals surface area contributed by atoms with Crippen LogP contribution in [0.25, 0.3) is 0 Å². The minimum absolute atomic E-state index is 0.336. The van der Waals surface area contributed by atoms with E-state index < -0.39 is 10.0 Å². The molecule has 0 aliphatic rings. The third kappa shape index (κ3) is 2.88. The van der Waals surface area contributed by atoms with Gasteiger partial charge >= 0.3 is 0 Å². The van der Waals surface area contributed by atoms with E-state index in [-0.39, 0.29) is 0 Å². The maximum atomic E-state index is 13.0. The van der Waals surface area contributed by atoms with E-state index >= 15 is 0 Å². The first-order valence-corrected chi connectivity index (χ1v) is 8.26. The van der Waals surface area contributed by atoms with Gasteiger partial charge in [0.25, 0.3) is 10.0 Å². The number of aryl methyl sites for hydroxylation is 2. The fraction of sp³-hybridized carbons (Fsp3) is 0.250. The zero-order valence-electron chi connectivity index (χ0n) is 12.5. The van der Waals surface area contributed by atoms with Crippen molar-refractivity contribution in [3.8, 4) is 0 Å².